The van der Waals surface area contributed by atoms with Gasteiger partial charge in [0.2, 0.25) is 0 Å². The minimum Gasteiger partial charge on any atom is -0.344 e. The summed E-state index contributed by atoms with van der Waals surface area (Å²) in [6, 6.07) is 6.88. The Morgan fingerprint density at radius 3 is 3.06 bits per heavy atom. The van der Waals surface area contributed by atoms with Gasteiger partial charge in [0.25, 0.3) is 0 Å². The number of nitrogens with two attached hydrogens (primary N) is 1. The summed E-state index contributed by atoms with van der Waals surface area (Å²) in [6.45, 7) is 3.29. The van der Waals surface area contributed by atoms with E-state index >= 15 is 0 Å². The lowest BCUT2D eigenvalue weighted by Crippen LogP contribution is -2.21. The number of hydrogen-bond donors (Lipinski definition) is 2. The smallest absolute Gasteiger partial charge is 0.0533 e. The summed E-state index contributed by atoms with van der Waals surface area (Å²) in [5, 5.41) is 4.95. The number of nitrogens with zero attached hydrogens (tertiary/aromatic N) is 1. The van der Waals surface area contributed by atoms with Gasteiger partial charge in [0.15, 0.2) is 0 Å². The molecule has 1 atom stereocenters. The quantitative estimate of drug-likeness (QED) is 0.737. The van der Waals surface area contributed by atoms with Crippen molar-refractivity contribution >= 4 is 10.9 Å². The van der Waals surface area contributed by atoms with E-state index in [9.17, 15) is 0 Å². The maximum absolute atomic E-state index is 6.27. The van der Waals surface area contributed by atoms with Crippen molar-refractivity contribution in [1.29, 1.82) is 0 Å². The van der Waals surface area contributed by atoms with Crippen LogP contribution < -0.4 is 11.1 Å². The molecule has 0 spiro atoms. The molecule has 0 aliphatic carbocycles. The first-order valence-corrected chi connectivity index (χ1v) is 6.95. The predicted molar refractivity (Wildman–Crippen MR) is 73.8 cm³/mol. The Morgan fingerprint density at radius 2 is 2.11 bits per heavy atom. The number of aromatic nitrogens is 1. The van der Waals surface area contributed by atoms with E-state index in [0.717, 1.165) is 38.9 Å². The minimum absolute atomic E-state index is 0.220. The van der Waals surface area contributed by atoms with Gasteiger partial charge in [0.1, 0.15) is 0 Å². The van der Waals surface area contributed by atoms with E-state index in [2.05, 4.69) is 28.1 Å². The molecule has 0 saturated carbocycles. The van der Waals surface area contributed by atoms with E-state index in [4.69, 9.17) is 5.73 Å². The van der Waals surface area contributed by atoms with Crippen LogP contribution in [0.3, 0.4) is 0 Å². The number of para-hydroxylation sites is 1. The van der Waals surface area contributed by atoms with Crippen LogP contribution in [0.1, 0.15) is 29.3 Å². The molecule has 3 heterocycles. The van der Waals surface area contributed by atoms with Gasteiger partial charge in [-0.1, -0.05) is 18.2 Å². The van der Waals surface area contributed by atoms with Crippen LogP contribution >= 0.6 is 0 Å². The van der Waals surface area contributed by atoms with Crippen LogP contribution in [0.25, 0.3) is 10.9 Å². The molecule has 2 aromatic rings. The van der Waals surface area contributed by atoms with E-state index < -0.39 is 0 Å². The van der Waals surface area contributed by atoms with Crippen LogP contribution in [0, 0.1) is 0 Å². The van der Waals surface area contributed by atoms with Crippen molar-refractivity contribution in [2.75, 3.05) is 13.1 Å². The highest BCUT2D eigenvalue weighted by atomic mass is 15.0. The molecule has 3 nitrogen and oxygen atoms in total. The van der Waals surface area contributed by atoms with Crippen LogP contribution in [0.5, 0.6) is 0 Å². The molecule has 0 amide bonds. The van der Waals surface area contributed by atoms with Gasteiger partial charge < -0.3 is 15.6 Å². The summed E-state index contributed by atoms with van der Waals surface area (Å²) in [7, 11) is 0. The second-order valence-corrected chi connectivity index (χ2v) is 5.47. The number of fused-ring (bicyclic) bond motifs is 3. The fraction of sp³-hybridized carbons (Fsp3) is 0.467. The Hall–Kier alpha value is -1.32. The molecule has 1 unspecified atom stereocenters. The van der Waals surface area contributed by atoms with Crippen molar-refractivity contribution in [2.24, 2.45) is 5.73 Å². The van der Waals surface area contributed by atoms with Gasteiger partial charge in [-0.25, -0.2) is 0 Å². The van der Waals surface area contributed by atoms with Crippen molar-refractivity contribution < 1.29 is 0 Å². The van der Waals surface area contributed by atoms with E-state index in [0.29, 0.717) is 0 Å². The van der Waals surface area contributed by atoms with Gasteiger partial charge in [-0.05, 0) is 30.5 Å². The van der Waals surface area contributed by atoms with Crippen LogP contribution in [0.4, 0.5) is 0 Å². The third kappa shape index (κ3) is 1.32. The lowest BCUT2D eigenvalue weighted by atomic mass is 9.98. The van der Waals surface area contributed by atoms with Crippen molar-refractivity contribution in [1.82, 2.24) is 9.88 Å². The van der Waals surface area contributed by atoms with Crippen molar-refractivity contribution in [3.8, 4) is 0 Å². The lowest BCUT2D eigenvalue weighted by molar-refractivity contribution is 0.532. The van der Waals surface area contributed by atoms with Crippen LogP contribution in [-0.2, 0) is 19.4 Å². The molecule has 0 fully saturated rings. The Labute approximate surface area is 107 Å². The molecule has 0 radical (unpaired) electrons. The van der Waals surface area contributed by atoms with E-state index in [1.54, 1.807) is 11.3 Å². The molecular formula is C15H19N3. The summed E-state index contributed by atoms with van der Waals surface area (Å²) in [6.07, 6.45) is 3.37. The standard InChI is InChI=1S/C15H19N3/c16-13-6-9-18-14-5-8-17-7-4-10(14)11-2-1-3-12(13)15(11)18/h1-3,13,17H,4-9,16H2. The monoisotopic (exact) mass is 241 g/mol. The zero-order valence-corrected chi connectivity index (χ0v) is 10.6. The molecule has 4 rings (SSSR count). The van der Waals surface area contributed by atoms with Gasteiger partial charge in [-0.2, -0.15) is 0 Å². The van der Waals surface area contributed by atoms with Crippen LogP contribution in [0.15, 0.2) is 18.2 Å². The number of benzene rings is 1. The summed E-state index contributed by atoms with van der Waals surface area (Å²) < 4.78 is 2.54. The van der Waals surface area contributed by atoms with Crippen molar-refractivity contribution in [2.45, 2.75) is 31.8 Å². The third-order valence-electron chi connectivity index (χ3n) is 4.49. The zero-order valence-electron chi connectivity index (χ0n) is 10.6. The van der Waals surface area contributed by atoms with Gasteiger partial charge in [-0.15, -0.1) is 0 Å². The van der Waals surface area contributed by atoms with Crippen molar-refractivity contribution in [3.63, 3.8) is 0 Å². The van der Waals surface area contributed by atoms with Gasteiger partial charge in [-0.3, -0.25) is 0 Å². The maximum Gasteiger partial charge on any atom is 0.0533 e. The Balaban J connectivity index is 2.08. The van der Waals surface area contributed by atoms with Crippen molar-refractivity contribution in [3.05, 3.63) is 35.0 Å². The predicted octanol–water partition coefficient (Wildman–Crippen LogP) is 1.73. The molecule has 2 aliphatic rings. The first-order chi connectivity index (χ1) is 8.86. The lowest BCUT2D eigenvalue weighted by Gasteiger charge is -2.23. The fourth-order valence-electron chi connectivity index (χ4n) is 3.64. The number of nitrogens with one attached hydrogen (secondary N) is 1. The molecular weight excluding hydrogens is 222 g/mol. The summed E-state index contributed by atoms with van der Waals surface area (Å²) in [4.78, 5) is 0. The average molecular weight is 241 g/mol. The maximum atomic E-state index is 6.27. The van der Waals surface area contributed by atoms with Gasteiger partial charge in [0.05, 0.1) is 5.52 Å². The number of hydrogen-bond acceptors (Lipinski definition) is 2. The highest BCUT2D eigenvalue weighted by molar-refractivity contribution is 5.89. The SMILES string of the molecule is NC1CCn2c3c(c4cccc1c42)CCNCC3. The largest absolute Gasteiger partial charge is 0.344 e. The Kier molecular flexibility index (Phi) is 2.26. The average Bonchev–Trinajstić information content (AvgIpc) is 2.57. The second-order valence-electron chi connectivity index (χ2n) is 5.47. The third-order valence-corrected chi connectivity index (χ3v) is 4.49. The molecule has 3 heteroatoms. The zero-order chi connectivity index (χ0) is 12.1. The minimum atomic E-state index is 0.220. The van der Waals surface area contributed by atoms with Crippen LogP contribution in [-0.4, -0.2) is 17.7 Å². The summed E-state index contributed by atoms with van der Waals surface area (Å²) >= 11 is 0. The first kappa shape index (κ1) is 10.6. The fourth-order valence-corrected chi connectivity index (χ4v) is 3.64. The highest BCUT2D eigenvalue weighted by Gasteiger charge is 2.25. The number of rotatable bonds is 0. The first-order valence-electron chi connectivity index (χ1n) is 6.95. The molecule has 0 saturated heterocycles. The summed E-state index contributed by atoms with van der Waals surface area (Å²) in [5.74, 6) is 0. The molecule has 94 valence electrons. The molecule has 1 aromatic carbocycles. The van der Waals surface area contributed by atoms with E-state index in [-0.39, 0.29) is 6.04 Å². The normalized spacial score (nSPS) is 22.8. The molecule has 18 heavy (non-hydrogen) atoms. The highest BCUT2D eigenvalue weighted by Crippen LogP contribution is 2.36. The van der Waals surface area contributed by atoms with E-state index in [1.165, 1.54) is 16.5 Å². The number of aryl methyl sites for hydroxylation is 1. The van der Waals surface area contributed by atoms with E-state index in [1.807, 2.05) is 0 Å². The second kappa shape index (κ2) is 3.84. The summed E-state index contributed by atoms with van der Waals surface area (Å²) in [5.41, 5.74) is 12.1. The molecule has 2 aliphatic heterocycles. The molecule has 1 aromatic heterocycles. The Bertz CT molecular complexity index is 612. The van der Waals surface area contributed by atoms with Gasteiger partial charge >= 0.3 is 0 Å². The topological polar surface area (TPSA) is 43.0 Å². The van der Waals surface area contributed by atoms with Gasteiger partial charge in [0, 0.05) is 36.6 Å². The molecule has 3 N–H and O–H groups in total. The molecule has 0 bridgehead atoms. The Morgan fingerprint density at radius 1 is 1.22 bits per heavy atom. The van der Waals surface area contributed by atoms with Crippen LogP contribution in [0.2, 0.25) is 0 Å².